The highest BCUT2D eigenvalue weighted by molar-refractivity contribution is 5.03. The van der Waals surface area contributed by atoms with Gasteiger partial charge in [-0.25, -0.2) is 0 Å². The van der Waals surface area contributed by atoms with Crippen LogP contribution in [0.2, 0.25) is 0 Å². The molecular weight excluding hydrogens is 138 g/mol. The van der Waals surface area contributed by atoms with Crippen LogP contribution in [0.25, 0.3) is 0 Å². The standard InChI is InChI=1S/C9H17NO/c11-6-1-8-7-9(8)2-4-10-5-3-9/h8,10-11H,1-7H2/t8-/m1/s1. The van der Waals surface area contributed by atoms with E-state index in [1.165, 1.54) is 32.4 Å². The van der Waals surface area contributed by atoms with Crippen molar-refractivity contribution in [3.8, 4) is 0 Å². The molecule has 1 spiro atoms. The van der Waals surface area contributed by atoms with Gasteiger partial charge in [0.25, 0.3) is 0 Å². The number of hydrogen-bond donors (Lipinski definition) is 2. The van der Waals surface area contributed by atoms with E-state index in [0.717, 1.165) is 12.3 Å². The average molecular weight is 155 g/mol. The molecule has 0 amide bonds. The molecule has 0 aromatic rings. The summed E-state index contributed by atoms with van der Waals surface area (Å²) in [5.41, 5.74) is 0.675. The first-order valence-corrected chi connectivity index (χ1v) is 4.69. The number of aliphatic hydroxyl groups excluding tert-OH is 1. The van der Waals surface area contributed by atoms with Crippen molar-refractivity contribution in [2.24, 2.45) is 11.3 Å². The summed E-state index contributed by atoms with van der Waals surface area (Å²) in [5, 5.41) is 12.2. The van der Waals surface area contributed by atoms with E-state index < -0.39 is 0 Å². The lowest BCUT2D eigenvalue weighted by Gasteiger charge is -2.23. The highest BCUT2D eigenvalue weighted by atomic mass is 16.3. The van der Waals surface area contributed by atoms with Gasteiger partial charge in [-0.3, -0.25) is 0 Å². The van der Waals surface area contributed by atoms with E-state index in [9.17, 15) is 0 Å². The largest absolute Gasteiger partial charge is 0.396 e. The molecule has 1 saturated heterocycles. The van der Waals surface area contributed by atoms with Gasteiger partial charge in [-0.2, -0.15) is 0 Å². The van der Waals surface area contributed by atoms with Crippen molar-refractivity contribution < 1.29 is 5.11 Å². The van der Waals surface area contributed by atoms with Crippen molar-refractivity contribution in [2.75, 3.05) is 19.7 Å². The van der Waals surface area contributed by atoms with Crippen LogP contribution in [-0.4, -0.2) is 24.8 Å². The molecule has 1 heterocycles. The van der Waals surface area contributed by atoms with E-state index >= 15 is 0 Å². The molecule has 2 N–H and O–H groups in total. The van der Waals surface area contributed by atoms with Crippen LogP contribution in [0.15, 0.2) is 0 Å². The van der Waals surface area contributed by atoms with Gasteiger partial charge in [-0.15, -0.1) is 0 Å². The molecular formula is C9H17NO. The number of hydrogen-bond acceptors (Lipinski definition) is 2. The summed E-state index contributed by atoms with van der Waals surface area (Å²) < 4.78 is 0. The van der Waals surface area contributed by atoms with Crippen LogP contribution in [0.4, 0.5) is 0 Å². The highest BCUT2D eigenvalue weighted by Gasteiger charge is 2.52. The summed E-state index contributed by atoms with van der Waals surface area (Å²) in [6.07, 6.45) is 5.12. The van der Waals surface area contributed by atoms with E-state index in [-0.39, 0.29) is 0 Å². The van der Waals surface area contributed by atoms with Gasteiger partial charge in [-0.05, 0) is 50.1 Å². The minimum Gasteiger partial charge on any atom is -0.396 e. The highest BCUT2D eigenvalue weighted by Crippen LogP contribution is 2.59. The lowest BCUT2D eigenvalue weighted by molar-refractivity contribution is 0.251. The van der Waals surface area contributed by atoms with Crippen molar-refractivity contribution in [2.45, 2.75) is 25.7 Å². The third-order valence-electron chi connectivity index (χ3n) is 3.44. The summed E-state index contributed by atoms with van der Waals surface area (Å²) >= 11 is 0. The van der Waals surface area contributed by atoms with E-state index in [1.807, 2.05) is 0 Å². The number of nitrogens with one attached hydrogen (secondary N) is 1. The van der Waals surface area contributed by atoms with Gasteiger partial charge in [0.15, 0.2) is 0 Å². The molecule has 1 aliphatic heterocycles. The molecule has 0 aromatic carbocycles. The zero-order valence-electron chi connectivity index (χ0n) is 6.97. The first-order valence-electron chi connectivity index (χ1n) is 4.69. The van der Waals surface area contributed by atoms with Gasteiger partial charge in [0.1, 0.15) is 0 Å². The Balaban J connectivity index is 1.84. The molecule has 11 heavy (non-hydrogen) atoms. The summed E-state index contributed by atoms with van der Waals surface area (Å²) in [4.78, 5) is 0. The van der Waals surface area contributed by atoms with Gasteiger partial charge in [-0.1, -0.05) is 0 Å². The Bertz CT molecular complexity index is 140. The second-order valence-corrected chi connectivity index (χ2v) is 4.03. The monoisotopic (exact) mass is 155 g/mol. The van der Waals surface area contributed by atoms with Gasteiger partial charge in [0.2, 0.25) is 0 Å². The molecule has 2 nitrogen and oxygen atoms in total. The smallest absolute Gasteiger partial charge is 0.0433 e. The zero-order valence-corrected chi connectivity index (χ0v) is 6.97. The second kappa shape index (κ2) is 2.76. The molecule has 0 radical (unpaired) electrons. The molecule has 1 aliphatic carbocycles. The predicted molar refractivity (Wildman–Crippen MR) is 44.3 cm³/mol. The summed E-state index contributed by atoms with van der Waals surface area (Å²) in [5.74, 6) is 0.856. The summed E-state index contributed by atoms with van der Waals surface area (Å²) in [7, 11) is 0. The molecule has 64 valence electrons. The Hall–Kier alpha value is -0.0800. The van der Waals surface area contributed by atoms with Crippen molar-refractivity contribution in [3.63, 3.8) is 0 Å². The molecule has 2 fully saturated rings. The lowest BCUT2D eigenvalue weighted by Crippen LogP contribution is -2.29. The Morgan fingerprint density at radius 1 is 1.36 bits per heavy atom. The fraction of sp³-hybridized carbons (Fsp3) is 1.00. The van der Waals surface area contributed by atoms with E-state index in [4.69, 9.17) is 5.11 Å². The van der Waals surface area contributed by atoms with Crippen molar-refractivity contribution in [3.05, 3.63) is 0 Å². The first-order chi connectivity index (χ1) is 5.37. The molecule has 1 saturated carbocycles. The van der Waals surface area contributed by atoms with Crippen LogP contribution in [0.1, 0.15) is 25.7 Å². The summed E-state index contributed by atoms with van der Waals surface area (Å²) in [6, 6.07) is 0. The van der Waals surface area contributed by atoms with Gasteiger partial charge >= 0.3 is 0 Å². The van der Waals surface area contributed by atoms with Crippen LogP contribution in [0.5, 0.6) is 0 Å². The molecule has 2 aliphatic rings. The molecule has 0 aromatic heterocycles. The first kappa shape index (κ1) is 7.56. The maximum atomic E-state index is 8.78. The van der Waals surface area contributed by atoms with Crippen molar-refractivity contribution in [1.82, 2.24) is 5.32 Å². The van der Waals surface area contributed by atoms with Crippen LogP contribution in [0.3, 0.4) is 0 Å². The second-order valence-electron chi connectivity index (χ2n) is 4.03. The Morgan fingerprint density at radius 3 is 2.73 bits per heavy atom. The fourth-order valence-corrected chi connectivity index (χ4v) is 2.53. The maximum absolute atomic E-state index is 8.78. The van der Waals surface area contributed by atoms with Gasteiger partial charge in [0.05, 0.1) is 0 Å². The van der Waals surface area contributed by atoms with E-state index in [1.54, 1.807) is 0 Å². The number of piperidine rings is 1. The van der Waals surface area contributed by atoms with Crippen LogP contribution in [-0.2, 0) is 0 Å². The average Bonchev–Trinajstić information content (AvgIpc) is 2.66. The quantitative estimate of drug-likeness (QED) is 0.617. The molecule has 2 heteroatoms. The SMILES string of the molecule is OCC[C@@H]1CC12CCNCC2. The van der Waals surface area contributed by atoms with Crippen molar-refractivity contribution in [1.29, 1.82) is 0 Å². The topological polar surface area (TPSA) is 32.3 Å². The lowest BCUT2D eigenvalue weighted by atomic mass is 9.91. The van der Waals surface area contributed by atoms with E-state index in [2.05, 4.69) is 5.32 Å². The predicted octanol–water partition coefficient (Wildman–Crippen LogP) is 0.758. The Kier molecular flexibility index (Phi) is 1.90. The minimum absolute atomic E-state index is 0.389. The maximum Gasteiger partial charge on any atom is 0.0433 e. The number of rotatable bonds is 2. The summed E-state index contributed by atoms with van der Waals surface area (Å²) in [6.45, 7) is 2.78. The fourth-order valence-electron chi connectivity index (χ4n) is 2.53. The third-order valence-corrected chi connectivity index (χ3v) is 3.44. The number of aliphatic hydroxyl groups is 1. The van der Waals surface area contributed by atoms with Crippen LogP contribution >= 0.6 is 0 Å². The third kappa shape index (κ3) is 1.30. The Labute approximate surface area is 68.0 Å². The molecule has 1 atom stereocenters. The zero-order chi connectivity index (χ0) is 7.73. The normalized spacial score (nSPS) is 34.1. The van der Waals surface area contributed by atoms with Gasteiger partial charge in [0, 0.05) is 6.61 Å². The Morgan fingerprint density at radius 2 is 2.09 bits per heavy atom. The molecule has 2 rings (SSSR count). The van der Waals surface area contributed by atoms with E-state index in [0.29, 0.717) is 12.0 Å². The molecule has 0 bridgehead atoms. The van der Waals surface area contributed by atoms with Crippen LogP contribution in [0, 0.1) is 11.3 Å². The molecule has 0 unspecified atom stereocenters. The van der Waals surface area contributed by atoms with Gasteiger partial charge < -0.3 is 10.4 Å². The van der Waals surface area contributed by atoms with Crippen LogP contribution < -0.4 is 5.32 Å². The van der Waals surface area contributed by atoms with Crippen molar-refractivity contribution >= 4 is 0 Å². The minimum atomic E-state index is 0.389.